The lowest BCUT2D eigenvalue weighted by molar-refractivity contribution is -0.121. The minimum atomic E-state index is -0.488. The molecule has 1 aromatic carbocycles. The van der Waals surface area contributed by atoms with Gasteiger partial charge in [-0.15, -0.1) is 12.4 Å². The first-order chi connectivity index (χ1) is 12.1. The number of carbonyl (C=O) groups excluding carboxylic acids is 2. The van der Waals surface area contributed by atoms with Gasteiger partial charge in [0, 0.05) is 11.6 Å². The molecule has 1 saturated heterocycles. The van der Waals surface area contributed by atoms with Crippen LogP contribution in [0.1, 0.15) is 51.4 Å². The molecule has 1 unspecified atom stereocenters. The van der Waals surface area contributed by atoms with Gasteiger partial charge in [-0.3, -0.25) is 9.59 Å². The van der Waals surface area contributed by atoms with Crippen LogP contribution in [0.4, 0.5) is 15.8 Å². The lowest BCUT2D eigenvalue weighted by atomic mass is 9.88. The predicted octanol–water partition coefficient (Wildman–Crippen LogP) is 3.85. The fourth-order valence-electron chi connectivity index (χ4n) is 3.60. The first-order valence-electron chi connectivity index (χ1n) is 9.28. The Kier molecular flexibility index (Phi) is 7.85. The van der Waals surface area contributed by atoms with Crippen molar-refractivity contribution in [3.63, 3.8) is 0 Å². The van der Waals surface area contributed by atoms with Gasteiger partial charge in [-0.25, -0.2) is 4.39 Å². The van der Waals surface area contributed by atoms with E-state index >= 15 is 0 Å². The summed E-state index contributed by atoms with van der Waals surface area (Å²) in [6, 6.07) is 4.09. The smallest absolute Gasteiger partial charge is 0.241 e. The summed E-state index contributed by atoms with van der Waals surface area (Å²) in [7, 11) is 0. The maximum atomic E-state index is 14.0. The molecule has 1 aliphatic carbocycles. The van der Waals surface area contributed by atoms with Crippen molar-refractivity contribution in [2.75, 3.05) is 17.2 Å². The SMILES string of the molecule is Cl.O=C(Nc1cc(NC(=O)C2CCCCN2)ccc1F)C1CCCCC1. The van der Waals surface area contributed by atoms with Crippen LogP contribution in [-0.4, -0.2) is 24.4 Å². The van der Waals surface area contributed by atoms with Crippen LogP contribution in [0.25, 0.3) is 0 Å². The number of rotatable bonds is 4. The summed E-state index contributed by atoms with van der Waals surface area (Å²) in [4.78, 5) is 24.6. The third-order valence-corrected chi connectivity index (χ3v) is 5.09. The van der Waals surface area contributed by atoms with Crippen molar-refractivity contribution >= 4 is 35.6 Å². The summed E-state index contributed by atoms with van der Waals surface area (Å²) in [6.07, 6.45) is 7.88. The monoisotopic (exact) mass is 383 g/mol. The topological polar surface area (TPSA) is 70.2 Å². The van der Waals surface area contributed by atoms with Gasteiger partial charge < -0.3 is 16.0 Å². The van der Waals surface area contributed by atoms with Gasteiger partial charge in [0.15, 0.2) is 0 Å². The molecule has 2 aliphatic rings. The molecule has 7 heteroatoms. The summed E-state index contributed by atoms with van der Waals surface area (Å²) in [6.45, 7) is 0.838. The number of carbonyl (C=O) groups is 2. The zero-order valence-electron chi connectivity index (χ0n) is 14.9. The van der Waals surface area contributed by atoms with Crippen LogP contribution in [0.5, 0.6) is 0 Å². The van der Waals surface area contributed by atoms with Gasteiger partial charge >= 0.3 is 0 Å². The van der Waals surface area contributed by atoms with Crippen LogP contribution >= 0.6 is 12.4 Å². The van der Waals surface area contributed by atoms with Crippen LogP contribution in [0.2, 0.25) is 0 Å². The number of amides is 2. The number of nitrogens with one attached hydrogen (secondary N) is 3. The van der Waals surface area contributed by atoms with E-state index in [1.54, 1.807) is 0 Å². The first-order valence-corrected chi connectivity index (χ1v) is 9.28. The van der Waals surface area contributed by atoms with E-state index in [-0.39, 0.29) is 41.9 Å². The second-order valence-corrected chi connectivity index (χ2v) is 7.01. The second-order valence-electron chi connectivity index (χ2n) is 7.01. The minimum Gasteiger partial charge on any atom is -0.325 e. The minimum absolute atomic E-state index is 0. The van der Waals surface area contributed by atoms with Crippen molar-refractivity contribution < 1.29 is 14.0 Å². The number of anilines is 2. The van der Waals surface area contributed by atoms with Crippen molar-refractivity contribution in [1.29, 1.82) is 0 Å². The zero-order valence-corrected chi connectivity index (χ0v) is 15.7. The molecule has 1 atom stereocenters. The third kappa shape index (κ3) is 5.42. The summed E-state index contributed by atoms with van der Waals surface area (Å²) in [5, 5.41) is 8.69. The Bertz CT molecular complexity index is 629. The summed E-state index contributed by atoms with van der Waals surface area (Å²) in [5.74, 6) is -0.775. The van der Waals surface area contributed by atoms with E-state index in [1.807, 2.05) is 0 Å². The fraction of sp³-hybridized carbons (Fsp3) is 0.579. The molecule has 26 heavy (non-hydrogen) atoms. The van der Waals surface area contributed by atoms with Crippen molar-refractivity contribution in [3.05, 3.63) is 24.0 Å². The molecule has 144 valence electrons. The number of benzene rings is 1. The molecule has 2 fully saturated rings. The number of hydrogen-bond acceptors (Lipinski definition) is 3. The maximum Gasteiger partial charge on any atom is 0.241 e. The van der Waals surface area contributed by atoms with Gasteiger partial charge in [-0.2, -0.15) is 0 Å². The molecule has 0 radical (unpaired) electrons. The molecule has 0 bridgehead atoms. The van der Waals surface area contributed by atoms with Gasteiger partial charge in [0.25, 0.3) is 0 Å². The molecular weight excluding hydrogens is 357 g/mol. The quantitative estimate of drug-likeness (QED) is 0.739. The van der Waals surface area contributed by atoms with Crippen molar-refractivity contribution in [2.45, 2.75) is 57.4 Å². The van der Waals surface area contributed by atoms with Crippen molar-refractivity contribution in [3.8, 4) is 0 Å². The Balaban J connectivity index is 0.00000243. The molecule has 3 rings (SSSR count). The Labute approximate surface area is 159 Å². The maximum absolute atomic E-state index is 14.0. The van der Waals surface area contributed by atoms with E-state index in [4.69, 9.17) is 0 Å². The van der Waals surface area contributed by atoms with Crippen molar-refractivity contribution in [2.24, 2.45) is 5.92 Å². The molecule has 0 spiro atoms. The lowest BCUT2D eigenvalue weighted by Crippen LogP contribution is -2.43. The lowest BCUT2D eigenvalue weighted by Gasteiger charge is -2.23. The number of hydrogen-bond donors (Lipinski definition) is 3. The van der Waals surface area contributed by atoms with Crippen molar-refractivity contribution in [1.82, 2.24) is 5.32 Å². The van der Waals surface area contributed by atoms with Crippen LogP contribution in [-0.2, 0) is 9.59 Å². The highest BCUT2D eigenvalue weighted by Crippen LogP contribution is 2.26. The Morgan fingerprint density at radius 2 is 1.69 bits per heavy atom. The zero-order chi connectivity index (χ0) is 17.6. The van der Waals surface area contributed by atoms with E-state index in [1.165, 1.54) is 18.2 Å². The standard InChI is InChI=1S/C19H26FN3O2.ClH/c20-15-10-9-14(22-19(25)16-8-4-5-11-21-16)12-17(15)23-18(24)13-6-2-1-3-7-13;/h9-10,12-13,16,21H,1-8,11H2,(H,22,25)(H,23,24);1H. The molecule has 5 nitrogen and oxygen atoms in total. The molecule has 2 amide bonds. The van der Waals surface area contributed by atoms with Gasteiger partial charge in [0.1, 0.15) is 5.82 Å². The Morgan fingerprint density at radius 1 is 0.962 bits per heavy atom. The average Bonchev–Trinajstić information content (AvgIpc) is 2.66. The predicted molar refractivity (Wildman–Crippen MR) is 103 cm³/mol. The molecule has 1 aliphatic heterocycles. The van der Waals surface area contributed by atoms with Gasteiger partial charge in [-0.1, -0.05) is 25.7 Å². The van der Waals surface area contributed by atoms with E-state index in [9.17, 15) is 14.0 Å². The van der Waals surface area contributed by atoms with Crippen LogP contribution in [0, 0.1) is 11.7 Å². The summed E-state index contributed by atoms with van der Waals surface area (Å²) in [5.41, 5.74) is 0.627. The highest BCUT2D eigenvalue weighted by molar-refractivity contribution is 5.97. The van der Waals surface area contributed by atoms with Gasteiger partial charge in [0.05, 0.1) is 11.7 Å². The van der Waals surface area contributed by atoms with Crippen LogP contribution < -0.4 is 16.0 Å². The highest BCUT2D eigenvalue weighted by Gasteiger charge is 2.23. The Morgan fingerprint density at radius 3 is 2.38 bits per heavy atom. The molecule has 1 saturated carbocycles. The molecule has 1 heterocycles. The normalized spacial score (nSPS) is 20.7. The number of piperidine rings is 1. The van der Waals surface area contributed by atoms with E-state index in [2.05, 4.69) is 16.0 Å². The Hall–Kier alpha value is -1.66. The third-order valence-electron chi connectivity index (χ3n) is 5.09. The van der Waals surface area contributed by atoms with Crippen LogP contribution in [0.3, 0.4) is 0 Å². The summed E-state index contributed by atoms with van der Waals surface area (Å²) < 4.78 is 14.0. The molecule has 3 N–H and O–H groups in total. The average molecular weight is 384 g/mol. The molecule has 1 aromatic rings. The van der Waals surface area contributed by atoms with E-state index < -0.39 is 5.82 Å². The number of halogens is 2. The van der Waals surface area contributed by atoms with E-state index in [0.717, 1.165) is 57.9 Å². The van der Waals surface area contributed by atoms with E-state index in [0.29, 0.717) is 5.69 Å². The van der Waals surface area contributed by atoms with Crippen LogP contribution in [0.15, 0.2) is 18.2 Å². The largest absolute Gasteiger partial charge is 0.325 e. The fourth-order valence-corrected chi connectivity index (χ4v) is 3.60. The molecular formula is C19H27ClFN3O2. The highest BCUT2D eigenvalue weighted by atomic mass is 35.5. The summed E-state index contributed by atoms with van der Waals surface area (Å²) >= 11 is 0. The molecule has 0 aromatic heterocycles. The van der Waals surface area contributed by atoms with Gasteiger partial charge in [-0.05, 0) is 50.4 Å². The second kappa shape index (κ2) is 9.88. The first kappa shape index (κ1) is 20.6. The van der Waals surface area contributed by atoms with Gasteiger partial charge in [0.2, 0.25) is 11.8 Å².